The standard InChI is InChI=1S/C11H13ClN2O2S/c12-11-6-10(3-4-13-11)17(15,16)14-7-8-1-2-9(14)5-8/h3-4,6,8-9H,1-2,5,7H2. The van der Waals surface area contributed by atoms with Gasteiger partial charge in [0.1, 0.15) is 5.15 Å². The van der Waals surface area contributed by atoms with E-state index in [0.29, 0.717) is 12.5 Å². The quantitative estimate of drug-likeness (QED) is 0.773. The maximum atomic E-state index is 12.4. The number of pyridine rings is 1. The number of rotatable bonds is 2. The Morgan fingerprint density at radius 2 is 2.24 bits per heavy atom. The van der Waals surface area contributed by atoms with Crippen molar-refractivity contribution in [1.29, 1.82) is 0 Å². The van der Waals surface area contributed by atoms with Crippen molar-refractivity contribution in [2.45, 2.75) is 30.2 Å². The maximum Gasteiger partial charge on any atom is 0.243 e. The van der Waals surface area contributed by atoms with Crippen molar-refractivity contribution in [3.8, 4) is 0 Å². The van der Waals surface area contributed by atoms with Gasteiger partial charge in [0.05, 0.1) is 4.90 Å². The van der Waals surface area contributed by atoms with Gasteiger partial charge in [0.2, 0.25) is 10.0 Å². The van der Waals surface area contributed by atoms with E-state index in [-0.39, 0.29) is 16.1 Å². The molecule has 0 N–H and O–H groups in total. The number of aromatic nitrogens is 1. The molecule has 6 heteroatoms. The largest absolute Gasteiger partial charge is 0.244 e. The molecule has 2 unspecified atom stereocenters. The van der Waals surface area contributed by atoms with Crippen molar-refractivity contribution in [2.24, 2.45) is 5.92 Å². The maximum absolute atomic E-state index is 12.4. The molecule has 2 heterocycles. The highest BCUT2D eigenvalue weighted by Gasteiger charge is 2.44. The molecule has 1 saturated heterocycles. The fraction of sp³-hybridized carbons (Fsp3) is 0.545. The van der Waals surface area contributed by atoms with E-state index < -0.39 is 10.0 Å². The van der Waals surface area contributed by atoms with E-state index >= 15 is 0 Å². The number of piperidine rings is 1. The lowest BCUT2D eigenvalue weighted by molar-refractivity contribution is 0.333. The van der Waals surface area contributed by atoms with E-state index in [2.05, 4.69) is 4.98 Å². The first-order valence-corrected chi connectivity index (χ1v) is 7.52. The molecule has 0 aromatic carbocycles. The van der Waals surface area contributed by atoms with E-state index in [1.807, 2.05) is 0 Å². The van der Waals surface area contributed by atoms with Gasteiger partial charge in [-0.3, -0.25) is 0 Å². The molecule has 4 nitrogen and oxygen atoms in total. The summed E-state index contributed by atoms with van der Waals surface area (Å²) in [5.41, 5.74) is 0. The molecule has 3 rings (SSSR count). The van der Waals surface area contributed by atoms with Crippen molar-refractivity contribution in [3.63, 3.8) is 0 Å². The van der Waals surface area contributed by atoms with Gasteiger partial charge in [0.25, 0.3) is 0 Å². The summed E-state index contributed by atoms with van der Waals surface area (Å²) < 4.78 is 26.5. The first-order chi connectivity index (χ1) is 8.07. The molecule has 92 valence electrons. The van der Waals surface area contributed by atoms with Crippen LogP contribution < -0.4 is 0 Å². The van der Waals surface area contributed by atoms with Gasteiger partial charge in [-0.15, -0.1) is 0 Å². The van der Waals surface area contributed by atoms with Crippen molar-refractivity contribution in [3.05, 3.63) is 23.5 Å². The molecular weight excluding hydrogens is 260 g/mol. The third-order valence-corrected chi connectivity index (χ3v) is 5.78. The fourth-order valence-electron chi connectivity index (χ4n) is 2.85. The lowest BCUT2D eigenvalue weighted by atomic mass is 10.1. The minimum absolute atomic E-state index is 0.192. The Morgan fingerprint density at radius 1 is 1.41 bits per heavy atom. The van der Waals surface area contributed by atoms with Gasteiger partial charge in [0.15, 0.2) is 0 Å². The summed E-state index contributed by atoms with van der Waals surface area (Å²) in [4.78, 5) is 4.07. The van der Waals surface area contributed by atoms with Crippen LogP contribution in [0.2, 0.25) is 5.15 Å². The Hall–Kier alpha value is -0.650. The Morgan fingerprint density at radius 3 is 2.82 bits per heavy atom. The SMILES string of the molecule is O=S(=O)(c1ccnc(Cl)c1)N1CC2CCC1C2. The van der Waals surface area contributed by atoms with Crippen LogP contribution in [-0.4, -0.2) is 30.3 Å². The molecule has 2 aliphatic rings. The van der Waals surface area contributed by atoms with Crippen LogP contribution in [0.25, 0.3) is 0 Å². The lowest BCUT2D eigenvalue weighted by Crippen LogP contribution is -2.37. The summed E-state index contributed by atoms with van der Waals surface area (Å²) in [6.45, 7) is 0.660. The Kier molecular flexibility index (Phi) is 2.65. The van der Waals surface area contributed by atoms with Crippen LogP contribution >= 0.6 is 11.6 Å². The highest BCUT2D eigenvalue weighted by Crippen LogP contribution is 2.40. The number of halogens is 1. The summed E-state index contributed by atoms with van der Waals surface area (Å²) in [6.07, 6.45) is 4.60. The normalized spacial score (nSPS) is 28.8. The Bertz CT molecular complexity index is 546. The van der Waals surface area contributed by atoms with Gasteiger partial charge in [-0.1, -0.05) is 11.6 Å². The van der Waals surface area contributed by atoms with Gasteiger partial charge in [-0.05, 0) is 37.3 Å². The van der Waals surface area contributed by atoms with Crippen LogP contribution in [0.5, 0.6) is 0 Å². The third kappa shape index (κ3) is 1.86. The second kappa shape index (κ2) is 3.93. The molecule has 1 saturated carbocycles. The van der Waals surface area contributed by atoms with E-state index in [9.17, 15) is 8.42 Å². The summed E-state index contributed by atoms with van der Waals surface area (Å²) in [7, 11) is -3.38. The van der Waals surface area contributed by atoms with Gasteiger partial charge < -0.3 is 0 Å². The molecule has 1 aromatic rings. The number of sulfonamides is 1. The van der Waals surface area contributed by atoms with Gasteiger partial charge in [0, 0.05) is 18.8 Å². The summed E-state index contributed by atoms with van der Waals surface area (Å²) in [5, 5.41) is 0.218. The minimum Gasteiger partial charge on any atom is -0.244 e. The average molecular weight is 273 g/mol. The van der Waals surface area contributed by atoms with Crippen LogP contribution in [0, 0.1) is 5.92 Å². The smallest absolute Gasteiger partial charge is 0.243 e. The van der Waals surface area contributed by atoms with Crippen LogP contribution in [0.1, 0.15) is 19.3 Å². The third-order valence-electron chi connectivity index (χ3n) is 3.66. The highest BCUT2D eigenvalue weighted by molar-refractivity contribution is 7.89. The van der Waals surface area contributed by atoms with Crippen molar-refractivity contribution >= 4 is 21.6 Å². The first-order valence-electron chi connectivity index (χ1n) is 5.71. The number of fused-ring (bicyclic) bond motifs is 2. The van der Waals surface area contributed by atoms with E-state index in [0.717, 1.165) is 19.3 Å². The molecule has 2 bridgehead atoms. The fourth-order valence-corrected chi connectivity index (χ4v) is 4.85. The molecule has 1 aromatic heterocycles. The average Bonchev–Trinajstić information content (AvgIpc) is 2.91. The number of nitrogens with zero attached hydrogens (tertiary/aromatic N) is 2. The van der Waals surface area contributed by atoms with E-state index in [4.69, 9.17) is 11.6 Å². The zero-order valence-corrected chi connectivity index (χ0v) is 10.8. The van der Waals surface area contributed by atoms with Gasteiger partial charge in [-0.2, -0.15) is 4.31 Å². The van der Waals surface area contributed by atoms with Gasteiger partial charge >= 0.3 is 0 Å². The monoisotopic (exact) mass is 272 g/mol. The number of hydrogen-bond donors (Lipinski definition) is 0. The summed E-state index contributed by atoms with van der Waals surface area (Å²) in [6, 6.07) is 3.12. The second-order valence-corrected chi connectivity index (χ2v) is 7.00. The summed E-state index contributed by atoms with van der Waals surface area (Å²) >= 11 is 5.74. The van der Waals surface area contributed by atoms with Crippen molar-refractivity contribution < 1.29 is 8.42 Å². The molecule has 2 fully saturated rings. The lowest BCUT2D eigenvalue weighted by Gasteiger charge is -2.26. The number of hydrogen-bond acceptors (Lipinski definition) is 3. The molecule has 1 aliphatic heterocycles. The van der Waals surface area contributed by atoms with Crippen LogP contribution in [0.4, 0.5) is 0 Å². The van der Waals surface area contributed by atoms with Crippen LogP contribution in [0.15, 0.2) is 23.2 Å². The molecule has 1 aliphatic carbocycles. The zero-order chi connectivity index (χ0) is 12.0. The molecule has 0 radical (unpaired) electrons. The van der Waals surface area contributed by atoms with E-state index in [1.54, 1.807) is 4.31 Å². The van der Waals surface area contributed by atoms with Crippen molar-refractivity contribution in [1.82, 2.24) is 9.29 Å². The molecule has 0 amide bonds. The topological polar surface area (TPSA) is 50.3 Å². The molecule has 0 spiro atoms. The first kappa shape index (κ1) is 11.4. The van der Waals surface area contributed by atoms with Crippen LogP contribution in [0.3, 0.4) is 0 Å². The van der Waals surface area contributed by atoms with Crippen molar-refractivity contribution in [2.75, 3.05) is 6.54 Å². The Balaban J connectivity index is 1.96. The Labute approximate surface area is 106 Å². The summed E-state index contributed by atoms with van der Waals surface area (Å²) in [5.74, 6) is 0.548. The second-order valence-electron chi connectivity index (χ2n) is 4.72. The predicted octanol–water partition coefficient (Wildman–Crippen LogP) is 1.91. The molecule has 17 heavy (non-hydrogen) atoms. The van der Waals surface area contributed by atoms with Crippen LogP contribution in [-0.2, 0) is 10.0 Å². The molecule has 2 atom stereocenters. The zero-order valence-electron chi connectivity index (χ0n) is 9.21. The predicted molar refractivity (Wildman–Crippen MR) is 64.3 cm³/mol. The van der Waals surface area contributed by atoms with Gasteiger partial charge in [-0.25, -0.2) is 13.4 Å². The minimum atomic E-state index is -3.38. The van der Waals surface area contributed by atoms with E-state index in [1.165, 1.54) is 18.3 Å². The molecular formula is C11H13ClN2O2S. The highest BCUT2D eigenvalue weighted by atomic mass is 35.5.